The summed E-state index contributed by atoms with van der Waals surface area (Å²) in [6.07, 6.45) is 1.77. The third kappa shape index (κ3) is 2.93. The van der Waals surface area contributed by atoms with E-state index in [9.17, 15) is 5.26 Å². The molecule has 100 valence electrons. The van der Waals surface area contributed by atoms with Crippen LogP contribution in [0.4, 0.5) is 0 Å². The predicted molar refractivity (Wildman–Crippen MR) is 84.1 cm³/mol. The Morgan fingerprint density at radius 3 is 2.19 bits per heavy atom. The van der Waals surface area contributed by atoms with Crippen LogP contribution in [-0.2, 0) is 0 Å². The zero-order valence-electron chi connectivity index (χ0n) is 11.4. The Labute approximate surface area is 123 Å². The summed E-state index contributed by atoms with van der Waals surface area (Å²) in [4.78, 5) is 0. The fraction of sp³-hybridized carbons (Fsp3) is 0. The van der Waals surface area contributed by atoms with Crippen molar-refractivity contribution in [3.8, 4) is 17.4 Å². The zero-order valence-corrected chi connectivity index (χ0v) is 11.4. The van der Waals surface area contributed by atoms with Crippen molar-refractivity contribution >= 4 is 11.6 Å². The van der Waals surface area contributed by atoms with Gasteiger partial charge in [0.1, 0.15) is 11.5 Å². The summed E-state index contributed by atoms with van der Waals surface area (Å²) in [6, 6.07) is 25.5. The van der Waals surface area contributed by atoms with Gasteiger partial charge < -0.3 is 4.42 Å². The third-order valence-corrected chi connectivity index (χ3v) is 3.18. The molecule has 1 heterocycles. The Balaban J connectivity index is 1.93. The standard InChI is InChI=1S/C19H13NO/c20-14-17(15-7-3-1-4-8-15)13-18-11-12-19(21-18)16-9-5-2-6-10-16/h1-13H/b17-13+. The fourth-order valence-corrected chi connectivity index (χ4v) is 2.13. The second kappa shape index (κ2) is 5.94. The van der Waals surface area contributed by atoms with E-state index in [1.807, 2.05) is 72.8 Å². The normalized spacial score (nSPS) is 11.1. The van der Waals surface area contributed by atoms with Gasteiger partial charge in [-0.1, -0.05) is 60.7 Å². The van der Waals surface area contributed by atoms with Crippen LogP contribution >= 0.6 is 0 Å². The van der Waals surface area contributed by atoms with E-state index in [1.165, 1.54) is 0 Å². The molecule has 2 nitrogen and oxygen atoms in total. The Morgan fingerprint density at radius 1 is 0.857 bits per heavy atom. The maximum atomic E-state index is 9.30. The highest BCUT2D eigenvalue weighted by Crippen LogP contribution is 2.24. The molecule has 0 saturated heterocycles. The summed E-state index contributed by atoms with van der Waals surface area (Å²) in [5, 5.41) is 9.30. The molecule has 0 aliphatic heterocycles. The summed E-state index contributed by atoms with van der Waals surface area (Å²) in [7, 11) is 0. The third-order valence-electron chi connectivity index (χ3n) is 3.18. The summed E-state index contributed by atoms with van der Waals surface area (Å²) in [5.74, 6) is 1.47. The molecule has 0 fully saturated rings. The van der Waals surface area contributed by atoms with Crippen LogP contribution in [0.15, 0.2) is 77.2 Å². The molecule has 3 aromatic rings. The second-order valence-electron chi connectivity index (χ2n) is 4.60. The molecule has 2 aromatic carbocycles. The number of benzene rings is 2. The number of nitrogens with zero attached hydrogens (tertiary/aromatic N) is 1. The lowest BCUT2D eigenvalue weighted by molar-refractivity contribution is 0.572. The van der Waals surface area contributed by atoms with Crippen LogP contribution in [0.3, 0.4) is 0 Å². The number of furan rings is 1. The van der Waals surface area contributed by atoms with Crippen molar-refractivity contribution in [3.63, 3.8) is 0 Å². The molecule has 1 aromatic heterocycles. The molecule has 0 bridgehead atoms. The highest BCUT2D eigenvalue weighted by Gasteiger charge is 2.05. The van der Waals surface area contributed by atoms with E-state index in [0.29, 0.717) is 11.3 Å². The van der Waals surface area contributed by atoms with Gasteiger partial charge in [0.25, 0.3) is 0 Å². The van der Waals surface area contributed by atoms with Crippen molar-refractivity contribution in [2.24, 2.45) is 0 Å². The Morgan fingerprint density at radius 2 is 1.52 bits per heavy atom. The molecule has 0 amide bonds. The van der Waals surface area contributed by atoms with Crippen molar-refractivity contribution in [2.75, 3.05) is 0 Å². The molecule has 0 aliphatic rings. The topological polar surface area (TPSA) is 36.9 Å². The molecule has 0 spiro atoms. The van der Waals surface area contributed by atoms with Crippen LogP contribution in [0.5, 0.6) is 0 Å². The van der Waals surface area contributed by atoms with Gasteiger partial charge in [-0.25, -0.2) is 0 Å². The van der Waals surface area contributed by atoms with Gasteiger partial charge in [0, 0.05) is 5.56 Å². The average Bonchev–Trinajstić information content (AvgIpc) is 3.03. The molecule has 0 radical (unpaired) electrons. The largest absolute Gasteiger partial charge is 0.457 e. The lowest BCUT2D eigenvalue weighted by Crippen LogP contribution is -1.79. The molecule has 0 N–H and O–H groups in total. The van der Waals surface area contributed by atoms with Gasteiger partial charge in [-0.15, -0.1) is 0 Å². The first-order valence-electron chi connectivity index (χ1n) is 6.69. The van der Waals surface area contributed by atoms with Gasteiger partial charge in [0.15, 0.2) is 0 Å². The first-order chi connectivity index (χ1) is 10.4. The van der Waals surface area contributed by atoms with E-state index in [2.05, 4.69) is 6.07 Å². The molecular weight excluding hydrogens is 258 g/mol. The van der Waals surface area contributed by atoms with E-state index >= 15 is 0 Å². The molecule has 2 heteroatoms. The SMILES string of the molecule is N#C/C(=C\c1ccc(-c2ccccc2)o1)c1ccccc1. The first kappa shape index (κ1) is 13.0. The highest BCUT2D eigenvalue weighted by atomic mass is 16.3. The Kier molecular flexibility index (Phi) is 3.66. The van der Waals surface area contributed by atoms with Crippen molar-refractivity contribution in [2.45, 2.75) is 0 Å². The predicted octanol–water partition coefficient (Wildman–Crippen LogP) is 5.01. The number of hydrogen-bond acceptors (Lipinski definition) is 2. The molecule has 21 heavy (non-hydrogen) atoms. The van der Waals surface area contributed by atoms with Gasteiger partial charge in [0.2, 0.25) is 0 Å². The molecule has 0 saturated carbocycles. The average molecular weight is 271 g/mol. The molecule has 0 unspecified atom stereocenters. The minimum atomic E-state index is 0.588. The quantitative estimate of drug-likeness (QED) is 0.628. The fourth-order valence-electron chi connectivity index (χ4n) is 2.13. The number of hydrogen-bond donors (Lipinski definition) is 0. The van der Waals surface area contributed by atoms with Crippen LogP contribution in [-0.4, -0.2) is 0 Å². The van der Waals surface area contributed by atoms with Gasteiger partial charge in [-0.2, -0.15) is 5.26 Å². The number of rotatable bonds is 3. The molecule has 0 aliphatic carbocycles. The van der Waals surface area contributed by atoms with E-state index in [4.69, 9.17) is 4.42 Å². The number of nitriles is 1. The van der Waals surface area contributed by atoms with E-state index in [-0.39, 0.29) is 0 Å². The molecule has 3 rings (SSSR count). The molecular formula is C19H13NO. The number of allylic oxidation sites excluding steroid dienone is 1. The summed E-state index contributed by atoms with van der Waals surface area (Å²) in [6.45, 7) is 0. The Hall–Kier alpha value is -3.05. The van der Waals surface area contributed by atoms with E-state index in [0.717, 1.165) is 16.9 Å². The minimum absolute atomic E-state index is 0.588. The van der Waals surface area contributed by atoms with E-state index in [1.54, 1.807) is 6.08 Å². The maximum absolute atomic E-state index is 9.30. The summed E-state index contributed by atoms with van der Waals surface area (Å²) < 4.78 is 5.80. The lowest BCUT2D eigenvalue weighted by Gasteiger charge is -1.98. The lowest BCUT2D eigenvalue weighted by atomic mass is 10.1. The van der Waals surface area contributed by atoms with Crippen molar-refractivity contribution in [3.05, 3.63) is 84.1 Å². The summed E-state index contributed by atoms with van der Waals surface area (Å²) >= 11 is 0. The van der Waals surface area contributed by atoms with Crippen LogP contribution < -0.4 is 0 Å². The van der Waals surface area contributed by atoms with Gasteiger partial charge in [-0.3, -0.25) is 0 Å². The zero-order chi connectivity index (χ0) is 14.5. The maximum Gasteiger partial charge on any atom is 0.134 e. The van der Waals surface area contributed by atoms with Crippen LogP contribution in [0.2, 0.25) is 0 Å². The van der Waals surface area contributed by atoms with Crippen molar-refractivity contribution < 1.29 is 4.42 Å². The first-order valence-corrected chi connectivity index (χ1v) is 6.69. The Bertz CT molecular complexity index is 792. The van der Waals surface area contributed by atoms with Crippen LogP contribution in [0, 0.1) is 11.3 Å². The smallest absolute Gasteiger partial charge is 0.134 e. The minimum Gasteiger partial charge on any atom is -0.457 e. The van der Waals surface area contributed by atoms with Gasteiger partial charge in [0.05, 0.1) is 11.6 Å². The summed E-state index contributed by atoms with van der Waals surface area (Å²) in [5.41, 5.74) is 2.50. The van der Waals surface area contributed by atoms with Gasteiger partial charge in [-0.05, 0) is 23.8 Å². The molecule has 0 atom stereocenters. The second-order valence-corrected chi connectivity index (χ2v) is 4.60. The van der Waals surface area contributed by atoms with Crippen molar-refractivity contribution in [1.29, 1.82) is 5.26 Å². The van der Waals surface area contributed by atoms with Crippen LogP contribution in [0.25, 0.3) is 23.0 Å². The van der Waals surface area contributed by atoms with E-state index < -0.39 is 0 Å². The highest BCUT2D eigenvalue weighted by molar-refractivity contribution is 5.88. The van der Waals surface area contributed by atoms with Crippen molar-refractivity contribution in [1.82, 2.24) is 0 Å². The monoisotopic (exact) mass is 271 g/mol. The van der Waals surface area contributed by atoms with Gasteiger partial charge >= 0.3 is 0 Å². The van der Waals surface area contributed by atoms with Crippen LogP contribution in [0.1, 0.15) is 11.3 Å².